The fraction of sp³-hybridized carbons (Fsp3) is 0.120. The molecule has 1 saturated heterocycles. The first kappa shape index (κ1) is 20.3. The molecule has 2 unspecified atom stereocenters. The van der Waals surface area contributed by atoms with Gasteiger partial charge >= 0.3 is 0 Å². The Morgan fingerprint density at radius 1 is 0.938 bits per heavy atom. The van der Waals surface area contributed by atoms with Gasteiger partial charge in [-0.05, 0) is 79.3 Å². The Balaban J connectivity index is 1.69. The monoisotopic (exact) mass is 446 g/mol. The van der Waals surface area contributed by atoms with Crippen LogP contribution in [0.1, 0.15) is 29.0 Å². The van der Waals surface area contributed by atoms with E-state index in [1.54, 1.807) is 43.5 Å². The second-order valence-electron chi connectivity index (χ2n) is 7.68. The Kier molecular flexibility index (Phi) is 5.19. The molecule has 1 fully saturated rings. The van der Waals surface area contributed by atoms with E-state index in [2.05, 4.69) is 10.3 Å². The molecule has 0 bridgehead atoms. The quantitative estimate of drug-likeness (QED) is 0.412. The highest BCUT2D eigenvalue weighted by Gasteiger charge is 2.42. The van der Waals surface area contributed by atoms with Crippen molar-refractivity contribution in [1.82, 2.24) is 14.9 Å². The fourth-order valence-electron chi connectivity index (χ4n) is 4.21. The van der Waals surface area contributed by atoms with Crippen LogP contribution in [0.3, 0.4) is 0 Å². The van der Waals surface area contributed by atoms with Crippen LogP contribution in [0.2, 0.25) is 0 Å². The molecule has 5 rings (SSSR count). The van der Waals surface area contributed by atoms with Gasteiger partial charge < -0.3 is 14.8 Å². The Bertz CT molecular complexity index is 1290. The molecule has 1 N–H and O–H groups in total. The lowest BCUT2D eigenvalue weighted by Crippen LogP contribution is -2.30. The third-order valence-electron chi connectivity index (χ3n) is 5.71. The molecule has 160 valence electrons. The van der Waals surface area contributed by atoms with Gasteiger partial charge in [-0.15, -0.1) is 0 Å². The van der Waals surface area contributed by atoms with Crippen LogP contribution in [0.15, 0.2) is 85.2 Å². The van der Waals surface area contributed by atoms with Crippen LogP contribution in [0.25, 0.3) is 5.69 Å². The summed E-state index contributed by atoms with van der Waals surface area (Å²) in [7, 11) is 0. The highest BCUT2D eigenvalue weighted by Crippen LogP contribution is 2.42. The first-order valence-corrected chi connectivity index (χ1v) is 10.6. The van der Waals surface area contributed by atoms with E-state index < -0.39 is 0 Å². The number of para-hydroxylation sites is 1. The van der Waals surface area contributed by atoms with Crippen LogP contribution in [-0.4, -0.2) is 14.7 Å². The average Bonchev–Trinajstić information content (AvgIpc) is 3.41. The van der Waals surface area contributed by atoms with Gasteiger partial charge in [0.2, 0.25) is 0 Å². The van der Waals surface area contributed by atoms with E-state index in [9.17, 15) is 8.78 Å². The van der Waals surface area contributed by atoms with Gasteiger partial charge in [0, 0.05) is 23.8 Å². The van der Waals surface area contributed by atoms with Gasteiger partial charge in [0.1, 0.15) is 17.7 Å². The lowest BCUT2D eigenvalue weighted by molar-refractivity contribution is 0.544. The molecule has 0 radical (unpaired) electrons. The fourth-order valence-corrected chi connectivity index (χ4v) is 4.56. The summed E-state index contributed by atoms with van der Waals surface area (Å²) in [6.45, 7) is 1.72. The van der Waals surface area contributed by atoms with Crippen LogP contribution >= 0.6 is 12.2 Å². The predicted octanol–water partition coefficient (Wildman–Crippen LogP) is 5.64. The molecule has 4 nitrogen and oxygen atoms in total. The molecule has 3 heterocycles. The van der Waals surface area contributed by atoms with E-state index in [1.807, 2.05) is 46.0 Å². The van der Waals surface area contributed by atoms with Crippen molar-refractivity contribution in [2.75, 3.05) is 4.90 Å². The summed E-state index contributed by atoms with van der Waals surface area (Å²) >= 11 is 5.72. The number of hydrogen-bond acceptors (Lipinski definition) is 2. The Morgan fingerprint density at radius 2 is 1.75 bits per heavy atom. The highest BCUT2D eigenvalue weighted by molar-refractivity contribution is 7.80. The lowest BCUT2D eigenvalue weighted by Gasteiger charge is -2.29. The summed E-state index contributed by atoms with van der Waals surface area (Å²) in [5, 5.41) is 3.88. The lowest BCUT2D eigenvalue weighted by atomic mass is 10.0. The van der Waals surface area contributed by atoms with Gasteiger partial charge in [-0.2, -0.15) is 0 Å². The average molecular weight is 447 g/mol. The van der Waals surface area contributed by atoms with Crippen LogP contribution in [0, 0.1) is 18.6 Å². The van der Waals surface area contributed by atoms with Gasteiger partial charge in [0.05, 0.1) is 17.4 Å². The van der Waals surface area contributed by atoms with Crippen LogP contribution < -0.4 is 10.2 Å². The van der Waals surface area contributed by atoms with Crippen molar-refractivity contribution in [2.45, 2.75) is 19.0 Å². The van der Waals surface area contributed by atoms with Gasteiger partial charge in [-0.3, -0.25) is 4.98 Å². The number of thiocarbonyl (C=S) groups is 1. The maximum Gasteiger partial charge on any atom is 0.174 e. The third kappa shape index (κ3) is 3.44. The molecule has 2 aromatic heterocycles. The number of nitrogens with one attached hydrogen (secondary N) is 1. The second-order valence-corrected chi connectivity index (χ2v) is 8.07. The van der Waals surface area contributed by atoms with E-state index in [1.165, 1.54) is 12.1 Å². The number of pyridine rings is 1. The van der Waals surface area contributed by atoms with Gasteiger partial charge in [0.15, 0.2) is 5.11 Å². The zero-order chi connectivity index (χ0) is 22.2. The van der Waals surface area contributed by atoms with Crippen LogP contribution in [0.5, 0.6) is 0 Å². The summed E-state index contributed by atoms with van der Waals surface area (Å²) in [4.78, 5) is 6.50. The minimum Gasteiger partial charge on any atom is -0.351 e. The molecule has 2 aromatic carbocycles. The Hall–Kier alpha value is -3.58. The van der Waals surface area contributed by atoms with Crippen LogP contribution in [-0.2, 0) is 0 Å². The Labute approximate surface area is 190 Å². The SMILES string of the molecule is Cc1cc(N2C(=S)NC(c3ccccn3)C2c2cccn2-c2ccccc2F)ccc1F. The zero-order valence-corrected chi connectivity index (χ0v) is 18.1. The maximum absolute atomic E-state index is 14.7. The minimum atomic E-state index is -0.336. The van der Waals surface area contributed by atoms with Crippen molar-refractivity contribution in [3.63, 3.8) is 0 Å². The van der Waals surface area contributed by atoms with Crippen LogP contribution in [0.4, 0.5) is 14.5 Å². The number of aryl methyl sites for hydroxylation is 1. The number of nitrogens with zero attached hydrogens (tertiary/aromatic N) is 3. The third-order valence-corrected chi connectivity index (χ3v) is 6.03. The van der Waals surface area contributed by atoms with E-state index in [0.29, 0.717) is 16.4 Å². The first-order valence-electron chi connectivity index (χ1n) is 10.2. The number of aromatic nitrogens is 2. The van der Waals surface area contributed by atoms with E-state index in [-0.39, 0.29) is 23.7 Å². The number of rotatable bonds is 4. The molecule has 7 heteroatoms. The number of hydrogen-bond donors (Lipinski definition) is 1. The largest absolute Gasteiger partial charge is 0.351 e. The molecule has 4 aromatic rings. The molecule has 32 heavy (non-hydrogen) atoms. The Morgan fingerprint density at radius 3 is 2.50 bits per heavy atom. The van der Waals surface area contributed by atoms with E-state index in [4.69, 9.17) is 12.2 Å². The molecule has 1 aliphatic rings. The number of benzene rings is 2. The molecule has 2 atom stereocenters. The van der Waals surface area contributed by atoms with Crippen molar-refractivity contribution in [3.05, 3.63) is 114 Å². The van der Waals surface area contributed by atoms with Gasteiger partial charge in [0.25, 0.3) is 0 Å². The normalized spacial score (nSPS) is 18.1. The molecule has 0 spiro atoms. The molecule has 1 aliphatic heterocycles. The maximum atomic E-state index is 14.7. The minimum absolute atomic E-state index is 0.278. The number of anilines is 1. The summed E-state index contributed by atoms with van der Waals surface area (Å²) in [6.07, 6.45) is 3.57. The van der Waals surface area contributed by atoms with Gasteiger partial charge in [-0.1, -0.05) is 18.2 Å². The van der Waals surface area contributed by atoms with E-state index in [0.717, 1.165) is 17.1 Å². The standard InChI is InChI=1S/C25H20F2N4S/c1-16-15-17(11-12-18(16)26)31-24(23(29-25(31)32)20-8-4-5-13-28-20)22-10-6-14-30(22)21-9-3-2-7-19(21)27/h2-15,23-24H,1H3,(H,29,32). The van der Waals surface area contributed by atoms with Crippen molar-refractivity contribution >= 4 is 23.0 Å². The summed E-state index contributed by atoms with van der Waals surface area (Å²) in [6, 6.07) is 20.5. The summed E-state index contributed by atoms with van der Waals surface area (Å²) in [5.74, 6) is -0.601. The number of halogens is 2. The van der Waals surface area contributed by atoms with Gasteiger partial charge in [-0.25, -0.2) is 8.78 Å². The zero-order valence-electron chi connectivity index (χ0n) is 17.2. The molecule has 0 saturated carbocycles. The highest BCUT2D eigenvalue weighted by atomic mass is 32.1. The van der Waals surface area contributed by atoms with Crippen molar-refractivity contribution in [1.29, 1.82) is 0 Å². The molecule has 0 aliphatic carbocycles. The molecular formula is C25H20F2N4S. The molecular weight excluding hydrogens is 426 g/mol. The predicted molar refractivity (Wildman–Crippen MR) is 125 cm³/mol. The smallest absolute Gasteiger partial charge is 0.174 e. The van der Waals surface area contributed by atoms with Crippen molar-refractivity contribution < 1.29 is 8.78 Å². The van der Waals surface area contributed by atoms with Crippen molar-refractivity contribution in [3.8, 4) is 5.69 Å². The summed E-state index contributed by atoms with van der Waals surface area (Å²) in [5.41, 5.74) is 3.36. The summed E-state index contributed by atoms with van der Waals surface area (Å²) < 4.78 is 30.5. The second kappa shape index (κ2) is 8.16. The first-order chi connectivity index (χ1) is 15.5. The topological polar surface area (TPSA) is 33.1 Å². The van der Waals surface area contributed by atoms with E-state index >= 15 is 0 Å². The van der Waals surface area contributed by atoms with Crippen molar-refractivity contribution in [2.24, 2.45) is 0 Å². The molecule has 0 amide bonds.